The second kappa shape index (κ2) is 3.59. The number of hydrogen-bond donors (Lipinski definition) is 3. The molecule has 0 aliphatic carbocycles. The topological polar surface area (TPSA) is 119 Å². The summed E-state index contributed by atoms with van der Waals surface area (Å²) in [7, 11) is -4.44. The lowest BCUT2D eigenvalue weighted by atomic mass is 10.3. The molecule has 0 aliphatic heterocycles. The molecule has 1 aromatic rings. The zero-order valence-corrected chi connectivity index (χ0v) is 8.01. The maximum Gasteiger partial charge on any atom is 0.270 e. The van der Waals surface area contributed by atoms with E-state index in [4.69, 9.17) is 5.73 Å². The van der Waals surface area contributed by atoms with Gasteiger partial charge in [-0.05, 0) is 0 Å². The van der Waals surface area contributed by atoms with Gasteiger partial charge >= 0.3 is 0 Å². The fourth-order valence-corrected chi connectivity index (χ4v) is 1.75. The Balaban J connectivity index is 3.70. The summed E-state index contributed by atoms with van der Waals surface area (Å²) in [5.41, 5.74) is 2.73. The molecule has 84 valence electrons. The number of nitrogens with one attached hydrogen (secondary N) is 1. The van der Waals surface area contributed by atoms with Gasteiger partial charge < -0.3 is 10.7 Å². The van der Waals surface area contributed by atoms with Gasteiger partial charge in [-0.15, -0.1) is 0 Å². The maximum absolute atomic E-state index is 12.4. The van der Waals surface area contributed by atoms with Crippen molar-refractivity contribution in [1.29, 1.82) is 0 Å². The Labute approximate surface area is 82.9 Å². The van der Waals surface area contributed by atoms with E-state index in [9.17, 15) is 22.0 Å². The standard InChI is InChI=1S/C6H7F2N3O3S/c7-5(8)4-2(12)1-3(9)11-6(4)15(10,13)14/h1,5H,(H3,9,11,12)(H2,10,13,14). The van der Waals surface area contributed by atoms with Crippen LogP contribution < -0.4 is 16.3 Å². The summed E-state index contributed by atoms with van der Waals surface area (Å²) in [6.07, 6.45) is -3.25. The zero-order chi connectivity index (χ0) is 11.8. The van der Waals surface area contributed by atoms with Crippen LogP contribution in [0, 0.1) is 0 Å². The highest BCUT2D eigenvalue weighted by molar-refractivity contribution is 7.89. The molecule has 0 saturated heterocycles. The lowest BCUT2D eigenvalue weighted by Gasteiger charge is -2.06. The number of alkyl halides is 2. The third-order valence-corrected chi connectivity index (χ3v) is 2.45. The van der Waals surface area contributed by atoms with Crippen molar-refractivity contribution >= 4 is 15.8 Å². The molecule has 9 heteroatoms. The van der Waals surface area contributed by atoms with Crippen molar-refractivity contribution in [2.45, 2.75) is 11.5 Å². The number of sulfonamides is 1. The van der Waals surface area contributed by atoms with Crippen molar-refractivity contribution < 1.29 is 17.2 Å². The molecular weight excluding hydrogens is 232 g/mol. The lowest BCUT2D eigenvalue weighted by molar-refractivity contribution is 0.146. The minimum Gasteiger partial charge on any atom is -0.385 e. The van der Waals surface area contributed by atoms with E-state index in [2.05, 4.69) is 5.14 Å². The molecule has 1 rings (SSSR count). The van der Waals surface area contributed by atoms with E-state index in [0.717, 1.165) is 0 Å². The van der Waals surface area contributed by atoms with Crippen LogP contribution in [0.1, 0.15) is 12.0 Å². The molecule has 0 radical (unpaired) electrons. The predicted octanol–water partition coefficient (Wildman–Crippen LogP) is -0.458. The van der Waals surface area contributed by atoms with E-state index in [-0.39, 0.29) is 5.82 Å². The van der Waals surface area contributed by atoms with Crippen molar-refractivity contribution in [1.82, 2.24) is 4.98 Å². The second-order valence-corrected chi connectivity index (χ2v) is 4.18. The highest BCUT2D eigenvalue weighted by atomic mass is 32.2. The summed E-state index contributed by atoms with van der Waals surface area (Å²) in [4.78, 5) is 13.0. The fraction of sp³-hybridized carbons (Fsp3) is 0.167. The van der Waals surface area contributed by atoms with Crippen LogP contribution in [0.3, 0.4) is 0 Å². The molecule has 0 saturated carbocycles. The summed E-state index contributed by atoms with van der Waals surface area (Å²) in [6, 6.07) is 0.663. The average molecular weight is 239 g/mol. The van der Waals surface area contributed by atoms with E-state index < -0.39 is 32.5 Å². The summed E-state index contributed by atoms with van der Waals surface area (Å²) >= 11 is 0. The second-order valence-electron chi connectivity index (χ2n) is 2.68. The van der Waals surface area contributed by atoms with Gasteiger partial charge in [0.05, 0.1) is 0 Å². The molecule has 0 spiro atoms. The molecule has 0 atom stereocenters. The van der Waals surface area contributed by atoms with Crippen LogP contribution >= 0.6 is 0 Å². The molecule has 1 aromatic heterocycles. The SMILES string of the molecule is Nc1cc(=O)c(C(F)F)c(S(N)(=O)=O)[nH]1. The summed E-state index contributed by atoms with van der Waals surface area (Å²) in [5, 5.41) is 3.59. The van der Waals surface area contributed by atoms with E-state index in [1.807, 2.05) is 4.98 Å². The summed E-state index contributed by atoms with van der Waals surface area (Å²) < 4.78 is 46.5. The minimum absolute atomic E-state index is 0.353. The third-order valence-electron chi connectivity index (χ3n) is 1.56. The number of halogens is 2. The van der Waals surface area contributed by atoms with Gasteiger partial charge in [0.1, 0.15) is 11.4 Å². The highest BCUT2D eigenvalue weighted by Gasteiger charge is 2.24. The number of nitrogen functional groups attached to an aromatic ring is 1. The third kappa shape index (κ3) is 2.30. The van der Waals surface area contributed by atoms with E-state index in [0.29, 0.717) is 6.07 Å². The number of nitrogens with two attached hydrogens (primary N) is 2. The molecule has 0 aromatic carbocycles. The molecule has 0 unspecified atom stereocenters. The van der Waals surface area contributed by atoms with Crippen molar-refractivity contribution in [2.75, 3.05) is 5.73 Å². The van der Waals surface area contributed by atoms with Gasteiger partial charge in [-0.2, -0.15) is 0 Å². The molecule has 0 fully saturated rings. The predicted molar refractivity (Wildman–Crippen MR) is 47.8 cm³/mol. The molecular formula is C6H7F2N3O3S. The monoisotopic (exact) mass is 239 g/mol. The molecule has 0 amide bonds. The van der Waals surface area contributed by atoms with Crippen LogP contribution in [0.4, 0.5) is 14.6 Å². The van der Waals surface area contributed by atoms with Crippen molar-refractivity contribution in [3.63, 3.8) is 0 Å². The quantitative estimate of drug-likeness (QED) is 0.647. The molecule has 15 heavy (non-hydrogen) atoms. The normalized spacial score (nSPS) is 12.0. The van der Waals surface area contributed by atoms with Crippen LogP contribution in [0.15, 0.2) is 15.9 Å². The molecule has 6 nitrogen and oxygen atoms in total. The number of H-pyrrole nitrogens is 1. The fourth-order valence-electron chi connectivity index (χ4n) is 0.996. The zero-order valence-electron chi connectivity index (χ0n) is 7.20. The van der Waals surface area contributed by atoms with E-state index in [1.54, 1.807) is 0 Å². The van der Waals surface area contributed by atoms with E-state index >= 15 is 0 Å². The Morgan fingerprint density at radius 2 is 1.93 bits per heavy atom. The first-order valence-electron chi connectivity index (χ1n) is 3.57. The van der Waals surface area contributed by atoms with Crippen LogP contribution in [-0.4, -0.2) is 13.4 Å². The average Bonchev–Trinajstić information content (AvgIpc) is 1.99. The number of rotatable bonds is 2. The van der Waals surface area contributed by atoms with Crippen LogP contribution in [0.25, 0.3) is 0 Å². The van der Waals surface area contributed by atoms with Gasteiger partial charge in [0, 0.05) is 6.07 Å². The number of aromatic nitrogens is 1. The van der Waals surface area contributed by atoms with Gasteiger partial charge in [0.15, 0.2) is 10.5 Å². The largest absolute Gasteiger partial charge is 0.385 e. The summed E-state index contributed by atoms with van der Waals surface area (Å²) in [6.45, 7) is 0. The summed E-state index contributed by atoms with van der Waals surface area (Å²) in [5.74, 6) is -0.353. The molecule has 1 heterocycles. The molecule has 5 N–H and O–H groups in total. The van der Waals surface area contributed by atoms with E-state index in [1.165, 1.54) is 0 Å². The van der Waals surface area contributed by atoms with Gasteiger partial charge in [0.2, 0.25) is 0 Å². The first kappa shape index (κ1) is 11.6. The van der Waals surface area contributed by atoms with Crippen molar-refractivity contribution in [3.8, 4) is 0 Å². The van der Waals surface area contributed by atoms with Crippen LogP contribution in [0.5, 0.6) is 0 Å². The number of hydrogen-bond acceptors (Lipinski definition) is 4. The number of primary sulfonamides is 1. The van der Waals surface area contributed by atoms with Gasteiger partial charge in [-0.3, -0.25) is 4.79 Å². The van der Waals surface area contributed by atoms with Crippen molar-refractivity contribution in [3.05, 3.63) is 21.9 Å². The Bertz CT molecular complexity index is 537. The Kier molecular flexibility index (Phi) is 2.77. The first-order valence-corrected chi connectivity index (χ1v) is 5.11. The van der Waals surface area contributed by atoms with Gasteiger partial charge in [0.25, 0.3) is 16.4 Å². The smallest absolute Gasteiger partial charge is 0.270 e. The minimum atomic E-state index is -4.44. The number of anilines is 1. The lowest BCUT2D eigenvalue weighted by Crippen LogP contribution is -2.23. The highest BCUT2D eigenvalue weighted by Crippen LogP contribution is 2.21. The van der Waals surface area contributed by atoms with Gasteiger partial charge in [-0.1, -0.05) is 0 Å². The van der Waals surface area contributed by atoms with Gasteiger partial charge in [-0.25, -0.2) is 22.3 Å². The molecule has 0 bridgehead atoms. The van der Waals surface area contributed by atoms with Crippen LogP contribution in [-0.2, 0) is 10.0 Å². The molecule has 0 aliphatic rings. The maximum atomic E-state index is 12.4. The first-order chi connectivity index (χ1) is 6.73. The number of aromatic amines is 1. The Morgan fingerprint density at radius 3 is 2.33 bits per heavy atom. The van der Waals surface area contributed by atoms with Crippen LogP contribution in [0.2, 0.25) is 0 Å². The van der Waals surface area contributed by atoms with Crippen molar-refractivity contribution in [2.24, 2.45) is 5.14 Å². The Hall–Kier alpha value is -1.48. The number of pyridine rings is 1. The Morgan fingerprint density at radius 1 is 1.40 bits per heavy atom.